The third-order valence-electron chi connectivity index (χ3n) is 3.35. The topological polar surface area (TPSA) is 91.1 Å². The van der Waals surface area contributed by atoms with Crippen LogP contribution in [0.15, 0.2) is 23.1 Å². The Hall–Kier alpha value is -1.06. The summed E-state index contributed by atoms with van der Waals surface area (Å²) in [6, 6.07) is 4.69. The molecule has 1 heterocycles. The Balaban J connectivity index is 0.00000242. The van der Waals surface area contributed by atoms with Crippen molar-refractivity contribution >= 4 is 22.4 Å². The highest BCUT2D eigenvalue weighted by Crippen LogP contribution is 2.31. The summed E-state index contributed by atoms with van der Waals surface area (Å²) < 4.78 is 42.6. The van der Waals surface area contributed by atoms with Gasteiger partial charge < -0.3 is 19.9 Å². The summed E-state index contributed by atoms with van der Waals surface area (Å²) >= 11 is 0. The number of morpholine rings is 1. The fourth-order valence-electron chi connectivity index (χ4n) is 2.18. The Bertz CT molecular complexity index is 596. The monoisotopic (exact) mass is 352 g/mol. The number of methoxy groups -OCH3 is 2. The summed E-state index contributed by atoms with van der Waals surface area (Å²) in [5.41, 5.74) is 5.56. The van der Waals surface area contributed by atoms with E-state index in [9.17, 15) is 8.42 Å². The highest BCUT2D eigenvalue weighted by molar-refractivity contribution is 7.89. The summed E-state index contributed by atoms with van der Waals surface area (Å²) in [7, 11) is -0.771. The molecule has 1 aliphatic rings. The van der Waals surface area contributed by atoms with Crippen molar-refractivity contribution in [1.29, 1.82) is 0 Å². The van der Waals surface area contributed by atoms with Gasteiger partial charge in [-0.2, -0.15) is 4.31 Å². The molecule has 2 rings (SSSR count). The number of halogens is 1. The standard InChI is InChI=1S/C13H20N2O5S.ClH/c1-18-10-3-4-12(19-2)13(7-10)21(16,17)15-5-6-20-11(8-14)9-15;/h3-4,7,11H,5-6,8-9,14H2,1-2H3;1H. The van der Waals surface area contributed by atoms with Crippen LogP contribution in [0.5, 0.6) is 11.5 Å². The molecule has 1 aliphatic heterocycles. The molecule has 1 aromatic rings. The molecular weight excluding hydrogens is 332 g/mol. The van der Waals surface area contributed by atoms with Gasteiger partial charge in [-0.15, -0.1) is 12.4 Å². The minimum absolute atomic E-state index is 0. The molecule has 1 aromatic carbocycles. The van der Waals surface area contributed by atoms with Crippen molar-refractivity contribution in [2.75, 3.05) is 40.5 Å². The minimum atomic E-state index is -3.69. The summed E-state index contributed by atoms with van der Waals surface area (Å²) in [4.78, 5) is 0.0852. The molecule has 0 aliphatic carbocycles. The average Bonchev–Trinajstić information content (AvgIpc) is 2.54. The van der Waals surface area contributed by atoms with Gasteiger partial charge in [0.1, 0.15) is 16.4 Å². The minimum Gasteiger partial charge on any atom is -0.497 e. The van der Waals surface area contributed by atoms with E-state index in [1.807, 2.05) is 0 Å². The van der Waals surface area contributed by atoms with Crippen LogP contribution in [-0.2, 0) is 14.8 Å². The van der Waals surface area contributed by atoms with Crippen LogP contribution >= 0.6 is 12.4 Å². The molecule has 126 valence electrons. The third-order valence-corrected chi connectivity index (χ3v) is 5.24. The first-order valence-electron chi connectivity index (χ1n) is 6.56. The molecule has 0 bridgehead atoms. The first-order valence-corrected chi connectivity index (χ1v) is 8.00. The van der Waals surface area contributed by atoms with Gasteiger partial charge in [0.25, 0.3) is 0 Å². The number of ether oxygens (including phenoxy) is 3. The van der Waals surface area contributed by atoms with Crippen molar-refractivity contribution in [3.8, 4) is 11.5 Å². The Kier molecular flexibility index (Phi) is 6.89. The maximum absolute atomic E-state index is 12.8. The summed E-state index contributed by atoms with van der Waals surface area (Å²) in [5, 5.41) is 0. The molecule has 1 fully saturated rings. The predicted molar refractivity (Wildman–Crippen MR) is 84.3 cm³/mol. The summed E-state index contributed by atoms with van der Waals surface area (Å²) in [6.45, 7) is 1.13. The second-order valence-electron chi connectivity index (χ2n) is 4.61. The molecule has 22 heavy (non-hydrogen) atoms. The fraction of sp³-hybridized carbons (Fsp3) is 0.538. The van der Waals surface area contributed by atoms with E-state index in [2.05, 4.69) is 0 Å². The largest absolute Gasteiger partial charge is 0.497 e. The van der Waals surface area contributed by atoms with Crippen LogP contribution in [0, 0.1) is 0 Å². The molecule has 1 unspecified atom stereocenters. The van der Waals surface area contributed by atoms with Gasteiger partial charge in [0.15, 0.2) is 0 Å². The van der Waals surface area contributed by atoms with Crippen LogP contribution < -0.4 is 15.2 Å². The molecule has 0 spiro atoms. The summed E-state index contributed by atoms with van der Waals surface area (Å²) in [5.74, 6) is 0.740. The number of benzene rings is 1. The van der Waals surface area contributed by atoms with Gasteiger partial charge in [0, 0.05) is 25.7 Å². The van der Waals surface area contributed by atoms with Gasteiger partial charge in [0.2, 0.25) is 10.0 Å². The quantitative estimate of drug-likeness (QED) is 0.828. The zero-order chi connectivity index (χ0) is 15.5. The number of nitrogens with two attached hydrogens (primary N) is 1. The molecule has 1 saturated heterocycles. The Morgan fingerprint density at radius 1 is 1.36 bits per heavy atom. The lowest BCUT2D eigenvalue weighted by atomic mass is 10.3. The molecule has 9 heteroatoms. The molecule has 0 saturated carbocycles. The van der Waals surface area contributed by atoms with E-state index in [1.165, 1.54) is 24.6 Å². The Morgan fingerprint density at radius 3 is 2.68 bits per heavy atom. The Labute approximate surface area is 136 Å². The second-order valence-corrected chi connectivity index (χ2v) is 6.51. The van der Waals surface area contributed by atoms with Gasteiger partial charge in [-0.1, -0.05) is 0 Å². The number of hydrogen-bond acceptors (Lipinski definition) is 6. The lowest BCUT2D eigenvalue weighted by Gasteiger charge is -2.31. The van der Waals surface area contributed by atoms with Crippen molar-refractivity contribution in [2.24, 2.45) is 5.73 Å². The highest BCUT2D eigenvalue weighted by atomic mass is 35.5. The zero-order valence-electron chi connectivity index (χ0n) is 12.5. The molecule has 1 atom stereocenters. The molecule has 0 amide bonds. The lowest BCUT2D eigenvalue weighted by molar-refractivity contribution is 0.00447. The van der Waals surface area contributed by atoms with Gasteiger partial charge in [-0.25, -0.2) is 8.42 Å². The van der Waals surface area contributed by atoms with Crippen molar-refractivity contribution in [2.45, 2.75) is 11.0 Å². The van der Waals surface area contributed by atoms with Crippen LogP contribution in [0.25, 0.3) is 0 Å². The maximum atomic E-state index is 12.8. The van der Waals surface area contributed by atoms with Crippen LogP contribution in [-0.4, -0.2) is 59.3 Å². The third kappa shape index (κ3) is 3.82. The van der Waals surface area contributed by atoms with Crippen molar-refractivity contribution in [3.05, 3.63) is 18.2 Å². The van der Waals surface area contributed by atoms with E-state index in [4.69, 9.17) is 19.9 Å². The SMILES string of the molecule is COc1ccc(OC)c(S(=O)(=O)N2CCOC(CN)C2)c1.Cl. The fourth-order valence-corrected chi connectivity index (χ4v) is 3.80. The van der Waals surface area contributed by atoms with Crippen LogP contribution in [0.4, 0.5) is 0 Å². The van der Waals surface area contributed by atoms with Gasteiger partial charge in [-0.05, 0) is 12.1 Å². The highest BCUT2D eigenvalue weighted by Gasteiger charge is 2.32. The molecule has 2 N–H and O–H groups in total. The first-order chi connectivity index (χ1) is 10.0. The molecule has 0 radical (unpaired) electrons. The molecular formula is C13H21ClN2O5S. The first kappa shape index (κ1) is 19.0. The van der Waals surface area contributed by atoms with Crippen LogP contribution in [0.1, 0.15) is 0 Å². The summed E-state index contributed by atoms with van der Waals surface area (Å²) in [6.07, 6.45) is -0.287. The van der Waals surface area contributed by atoms with Crippen molar-refractivity contribution in [3.63, 3.8) is 0 Å². The average molecular weight is 353 g/mol. The van der Waals surface area contributed by atoms with Gasteiger partial charge in [0.05, 0.1) is 26.9 Å². The van der Waals surface area contributed by atoms with E-state index in [0.29, 0.717) is 18.9 Å². The van der Waals surface area contributed by atoms with Crippen molar-refractivity contribution < 1.29 is 22.6 Å². The van der Waals surface area contributed by atoms with Crippen LogP contribution in [0.2, 0.25) is 0 Å². The molecule has 7 nitrogen and oxygen atoms in total. The molecule has 0 aromatic heterocycles. The zero-order valence-corrected chi connectivity index (χ0v) is 14.2. The van der Waals surface area contributed by atoms with Crippen LogP contribution in [0.3, 0.4) is 0 Å². The van der Waals surface area contributed by atoms with Gasteiger partial charge >= 0.3 is 0 Å². The van der Waals surface area contributed by atoms with E-state index in [-0.39, 0.29) is 42.2 Å². The number of sulfonamides is 1. The number of nitrogens with zero attached hydrogens (tertiary/aromatic N) is 1. The lowest BCUT2D eigenvalue weighted by Crippen LogP contribution is -2.48. The Morgan fingerprint density at radius 2 is 2.09 bits per heavy atom. The maximum Gasteiger partial charge on any atom is 0.247 e. The smallest absolute Gasteiger partial charge is 0.247 e. The normalized spacial score (nSPS) is 19.3. The number of rotatable bonds is 5. The number of hydrogen-bond donors (Lipinski definition) is 1. The second kappa shape index (κ2) is 7.98. The predicted octanol–water partition coefficient (Wildman–Crippen LogP) is 0.474. The van der Waals surface area contributed by atoms with E-state index < -0.39 is 10.0 Å². The van der Waals surface area contributed by atoms with Gasteiger partial charge in [-0.3, -0.25) is 0 Å². The van der Waals surface area contributed by atoms with Crippen molar-refractivity contribution in [1.82, 2.24) is 4.31 Å². The van der Waals surface area contributed by atoms with E-state index in [0.717, 1.165) is 0 Å². The van der Waals surface area contributed by atoms with E-state index >= 15 is 0 Å². The van der Waals surface area contributed by atoms with E-state index in [1.54, 1.807) is 12.1 Å².